The van der Waals surface area contributed by atoms with Gasteiger partial charge in [-0.15, -0.1) is 0 Å². The molecule has 0 radical (unpaired) electrons. The molecule has 4 rings (SSSR count). The molecule has 0 spiro atoms. The molecule has 0 saturated carbocycles. The van der Waals surface area contributed by atoms with E-state index in [1.54, 1.807) is 6.21 Å². The molecule has 1 aliphatic heterocycles. The van der Waals surface area contributed by atoms with E-state index >= 15 is 0 Å². The highest BCUT2D eigenvalue weighted by Crippen LogP contribution is 2.33. The van der Waals surface area contributed by atoms with Gasteiger partial charge in [0.25, 0.3) is 0 Å². The molecule has 2 heterocycles. The number of hydrogen-bond acceptors (Lipinski definition) is 0. The van der Waals surface area contributed by atoms with Crippen molar-refractivity contribution in [3.63, 3.8) is 0 Å². The summed E-state index contributed by atoms with van der Waals surface area (Å²) in [5.41, 5.74) is 0.890. The van der Waals surface area contributed by atoms with E-state index in [2.05, 4.69) is 0 Å². The Morgan fingerprint density at radius 1 is 1.04 bits per heavy atom. The molecule has 6 heteroatoms. The molecule has 116 valence electrons. The van der Waals surface area contributed by atoms with E-state index in [4.69, 9.17) is 0 Å². The molecule has 0 unspecified atom stereocenters. The van der Waals surface area contributed by atoms with Gasteiger partial charge >= 0.3 is 6.18 Å². The highest BCUT2D eigenvalue weighted by Gasteiger charge is 2.33. The number of alkyl halides is 3. The average Bonchev–Trinajstić information content (AvgIpc) is 2.91. The zero-order valence-electron chi connectivity index (χ0n) is 11.8. The second-order valence-corrected chi connectivity index (χ2v) is 5.47. The highest BCUT2D eigenvalue weighted by atomic mass is 19.4. The summed E-state index contributed by atoms with van der Waals surface area (Å²) < 4.78 is 56.1. The summed E-state index contributed by atoms with van der Waals surface area (Å²) in [6, 6.07) is 10.1. The Hall–Kier alpha value is -2.63. The van der Waals surface area contributed by atoms with Gasteiger partial charge in [0, 0.05) is 17.6 Å². The molecular weight excluding hydrogens is 308 g/mol. The van der Waals surface area contributed by atoms with Crippen LogP contribution in [0.4, 0.5) is 23.2 Å². The van der Waals surface area contributed by atoms with E-state index in [0.717, 1.165) is 34.7 Å². The smallest absolute Gasteiger partial charge is 0.291 e. The van der Waals surface area contributed by atoms with Crippen LogP contribution in [0.3, 0.4) is 0 Å². The average molecular weight is 319 g/mol. The fourth-order valence-electron chi connectivity index (χ4n) is 2.94. The summed E-state index contributed by atoms with van der Waals surface area (Å²) >= 11 is 0. The predicted octanol–water partition coefficient (Wildman–Crippen LogP) is 4.53. The van der Waals surface area contributed by atoms with Gasteiger partial charge in [-0.1, -0.05) is 12.1 Å². The topological polar surface area (TPSA) is 7.94 Å². The van der Waals surface area contributed by atoms with Crippen LogP contribution >= 0.6 is 0 Å². The van der Waals surface area contributed by atoms with Gasteiger partial charge in [-0.05, 0) is 24.3 Å². The highest BCUT2D eigenvalue weighted by molar-refractivity contribution is 5.97. The predicted molar refractivity (Wildman–Crippen MR) is 78.4 cm³/mol. The summed E-state index contributed by atoms with van der Waals surface area (Å²) in [6.07, 6.45) is -0.975. The summed E-state index contributed by atoms with van der Waals surface area (Å²) in [6.45, 7) is 0.263. The van der Waals surface area contributed by atoms with Crippen molar-refractivity contribution >= 4 is 22.8 Å². The van der Waals surface area contributed by atoms with Crippen molar-refractivity contribution in [2.75, 3.05) is 0 Å². The third kappa shape index (κ3) is 2.21. The number of benzene rings is 2. The third-order valence-corrected chi connectivity index (χ3v) is 4.00. The number of para-hydroxylation sites is 1. The molecule has 1 aromatic heterocycles. The van der Waals surface area contributed by atoms with Crippen molar-refractivity contribution in [2.45, 2.75) is 12.8 Å². The van der Waals surface area contributed by atoms with Crippen LogP contribution in [0.2, 0.25) is 0 Å². The molecule has 0 fully saturated rings. The van der Waals surface area contributed by atoms with Gasteiger partial charge in [0.2, 0.25) is 12.4 Å². The molecule has 2 nitrogen and oxygen atoms in total. The van der Waals surface area contributed by atoms with Crippen LogP contribution in [-0.4, -0.2) is 15.4 Å². The lowest BCUT2D eigenvalue weighted by molar-refractivity contribution is -0.474. The second-order valence-electron chi connectivity index (χ2n) is 5.47. The molecule has 0 aliphatic carbocycles. The van der Waals surface area contributed by atoms with E-state index in [1.165, 1.54) is 4.58 Å². The molecule has 0 N–H and O–H groups in total. The van der Waals surface area contributed by atoms with Crippen LogP contribution in [0, 0.1) is 5.82 Å². The molecule has 3 aromatic rings. The van der Waals surface area contributed by atoms with Gasteiger partial charge in [0.05, 0.1) is 16.6 Å². The number of nitrogens with zero attached hydrogens (tertiary/aromatic N) is 2. The molecule has 0 saturated heterocycles. The quantitative estimate of drug-likeness (QED) is 0.460. The number of aromatic nitrogens is 1. The minimum Gasteiger partial charge on any atom is -0.291 e. The third-order valence-electron chi connectivity index (χ3n) is 4.00. The summed E-state index contributed by atoms with van der Waals surface area (Å²) in [5.74, 6) is -0.683. The van der Waals surface area contributed by atoms with Crippen LogP contribution in [-0.2, 0) is 12.8 Å². The molecule has 23 heavy (non-hydrogen) atoms. The second kappa shape index (κ2) is 4.68. The lowest BCUT2D eigenvalue weighted by Crippen LogP contribution is -2.19. The maximum Gasteiger partial charge on any atom is 0.416 e. The van der Waals surface area contributed by atoms with Gasteiger partial charge in [0.1, 0.15) is 0 Å². The van der Waals surface area contributed by atoms with Crippen LogP contribution < -0.4 is 0 Å². The normalized spacial score (nSPS) is 14.2. The standard InChI is InChI=1S/C17H11F4N2/c18-14-5-4-13(17(19,20)21)8-15(14)23-9-12-3-1-2-11-6-7-22(10-23)16(11)12/h1-9H,10H2/q+1. The number of rotatable bonds is 1. The SMILES string of the molecule is Fc1ccc(C(F)(F)F)cc1[N+]1=Cc2cccc3ccn(c23)C1. The van der Waals surface area contributed by atoms with Gasteiger partial charge in [-0.25, -0.2) is 0 Å². The Morgan fingerprint density at radius 2 is 1.87 bits per heavy atom. The first kappa shape index (κ1) is 14.0. The van der Waals surface area contributed by atoms with Gasteiger partial charge < -0.3 is 0 Å². The summed E-state index contributed by atoms with van der Waals surface area (Å²) in [7, 11) is 0. The lowest BCUT2D eigenvalue weighted by Gasteiger charge is -2.14. The zero-order valence-corrected chi connectivity index (χ0v) is 11.8. The minimum absolute atomic E-state index is 0.0869. The van der Waals surface area contributed by atoms with Crippen LogP contribution in [0.25, 0.3) is 10.9 Å². The fourth-order valence-corrected chi connectivity index (χ4v) is 2.94. The van der Waals surface area contributed by atoms with Crippen molar-refractivity contribution in [1.82, 2.24) is 4.57 Å². The Balaban J connectivity index is 1.88. The van der Waals surface area contributed by atoms with Gasteiger partial charge in [0.15, 0.2) is 12.0 Å². The van der Waals surface area contributed by atoms with E-state index in [0.29, 0.717) is 0 Å². The van der Waals surface area contributed by atoms with E-state index in [-0.39, 0.29) is 12.4 Å². The molecule has 2 aromatic carbocycles. The van der Waals surface area contributed by atoms with Crippen LogP contribution in [0.5, 0.6) is 0 Å². The number of hydrogen-bond donors (Lipinski definition) is 0. The first-order valence-electron chi connectivity index (χ1n) is 6.99. The Morgan fingerprint density at radius 3 is 2.65 bits per heavy atom. The van der Waals surface area contributed by atoms with Crippen molar-refractivity contribution < 1.29 is 22.1 Å². The van der Waals surface area contributed by atoms with Crippen LogP contribution in [0.1, 0.15) is 11.1 Å². The largest absolute Gasteiger partial charge is 0.416 e. The molecular formula is C17H11F4N2+. The summed E-state index contributed by atoms with van der Waals surface area (Å²) in [4.78, 5) is 0. The maximum atomic E-state index is 14.1. The first-order valence-corrected chi connectivity index (χ1v) is 6.99. The van der Waals surface area contributed by atoms with Crippen molar-refractivity contribution in [1.29, 1.82) is 0 Å². The van der Waals surface area contributed by atoms with Gasteiger partial charge in [-0.3, -0.25) is 4.57 Å². The van der Waals surface area contributed by atoms with Crippen molar-refractivity contribution in [3.8, 4) is 0 Å². The van der Waals surface area contributed by atoms with Gasteiger partial charge in [-0.2, -0.15) is 22.1 Å². The Kier molecular flexibility index (Phi) is 2.85. The zero-order chi connectivity index (χ0) is 16.2. The first-order chi connectivity index (χ1) is 10.9. The maximum absolute atomic E-state index is 14.1. The van der Waals surface area contributed by atoms with Crippen LogP contribution in [0.15, 0.2) is 48.7 Å². The summed E-state index contributed by atoms with van der Waals surface area (Å²) in [5, 5.41) is 1.04. The monoisotopic (exact) mass is 319 g/mol. The van der Waals surface area contributed by atoms with Crippen molar-refractivity contribution in [2.24, 2.45) is 0 Å². The van der Waals surface area contributed by atoms with Crippen molar-refractivity contribution in [3.05, 3.63) is 65.6 Å². The van der Waals surface area contributed by atoms with E-state index < -0.39 is 17.6 Å². The number of halogens is 4. The molecule has 1 aliphatic rings. The van der Waals surface area contributed by atoms with E-state index in [9.17, 15) is 17.6 Å². The Labute approximate surface area is 128 Å². The fraction of sp³-hybridized carbons (Fsp3) is 0.118. The molecule has 0 atom stereocenters. The minimum atomic E-state index is -4.50. The molecule has 0 bridgehead atoms. The Bertz CT molecular complexity index is 951. The van der Waals surface area contributed by atoms with E-state index in [1.807, 2.05) is 35.0 Å². The lowest BCUT2D eigenvalue weighted by atomic mass is 10.1. The molecule has 0 amide bonds.